The summed E-state index contributed by atoms with van der Waals surface area (Å²) in [5.74, 6) is 1.79. The maximum atomic E-state index is 12.4. The summed E-state index contributed by atoms with van der Waals surface area (Å²) in [4.78, 5) is 14.4. The predicted molar refractivity (Wildman–Crippen MR) is 82.9 cm³/mol. The Bertz CT molecular complexity index is 465. The number of aryl methyl sites for hydroxylation is 1. The van der Waals surface area contributed by atoms with Gasteiger partial charge in [0.05, 0.1) is 14.2 Å². The van der Waals surface area contributed by atoms with Gasteiger partial charge in [-0.25, -0.2) is 0 Å². The number of hydrogen-bond donors (Lipinski definition) is 0. The molecule has 1 aliphatic heterocycles. The third kappa shape index (κ3) is 4.13. The summed E-state index contributed by atoms with van der Waals surface area (Å²) in [5, 5.41) is 0. The number of carbonyl (C=O) groups excluding carboxylic acids is 1. The molecule has 1 unspecified atom stereocenters. The standard InChI is InChI=1S/C17H25NO3/c1-13-6-4-5-9-18(13)17(19)8-7-14-10-15(20-2)12-16(11-14)21-3/h10-13H,4-9H2,1-3H3. The topological polar surface area (TPSA) is 38.8 Å². The molecule has 21 heavy (non-hydrogen) atoms. The van der Waals surface area contributed by atoms with Crippen LogP contribution in [0.2, 0.25) is 0 Å². The van der Waals surface area contributed by atoms with Gasteiger partial charge in [0.1, 0.15) is 11.5 Å². The molecule has 0 N–H and O–H groups in total. The largest absolute Gasteiger partial charge is 0.497 e. The first kappa shape index (κ1) is 15.7. The monoisotopic (exact) mass is 291 g/mol. The van der Waals surface area contributed by atoms with Gasteiger partial charge < -0.3 is 14.4 Å². The molecule has 2 rings (SSSR count). The maximum absolute atomic E-state index is 12.4. The molecule has 1 atom stereocenters. The van der Waals surface area contributed by atoms with Gasteiger partial charge in [0.2, 0.25) is 5.91 Å². The molecule has 4 heteroatoms. The van der Waals surface area contributed by atoms with Crippen molar-refractivity contribution < 1.29 is 14.3 Å². The fourth-order valence-electron chi connectivity index (χ4n) is 2.87. The predicted octanol–water partition coefficient (Wildman–Crippen LogP) is 3.04. The SMILES string of the molecule is COc1cc(CCC(=O)N2CCCCC2C)cc(OC)c1. The molecule has 0 radical (unpaired) electrons. The summed E-state index contributed by atoms with van der Waals surface area (Å²) in [6.45, 7) is 3.05. The number of nitrogens with zero attached hydrogens (tertiary/aromatic N) is 1. The Morgan fingerprint density at radius 2 is 1.86 bits per heavy atom. The van der Waals surface area contributed by atoms with Crippen molar-refractivity contribution in [2.75, 3.05) is 20.8 Å². The zero-order valence-electron chi connectivity index (χ0n) is 13.2. The van der Waals surface area contributed by atoms with E-state index < -0.39 is 0 Å². The Labute approximate surface area is 127 Å². The minimum absolute atomic E-state index is 0.254. The third-order valence-electron chi connectivity index (χ3n) is 4.16. The van der Waals surface area contributed by atoms with Crippen LogP contribution >= 0.6 is 0 Å². The van der Waals surface area contributed by atoms with Crippen molar-refractivity contribution in [3.63, 3.8) is 0 Å². The summed E-state index contributed by atoms with van der Waals surface area (Å²) in [6, 6.07) is 6.16. The van der Waals surface area contributed by atoms with Crippen molar-refractivity contribution in [3.8, 4) is 11.5 Å². The summed E-state index contributed by atoms with van der Waals surface area (Å²) in [5.41, 5.74) is 1.07. The molecule has 0 spiro atoms. The number of methoxy groups -OCH3 is 2. The van der Waals surface area contributed by atoms with Crippen molar-refractivity contribution in [2.45, 2.75) is 45.1 Å². The molecular formula is C17H25NO3. The number of likely N-dealkylation sites (tertiary alicyclic amines) is 1. The number of amides is 1. The van der Waals surface area contributed by atoms with E-state index in [4.69, 9.17) is 9.47 Å². The van der Waals surface area contributed by atoms with E-state index in [9.17, 15) is 4.79 Å². The summed E-state index contributed by atoms with van der Waals surface area (Å²) in [6.07, 6.45) is 4.75. The molecule has 0 saturated carbocycles. The van der Waals surface area contributed by atoms with E-state index in [1.165, 1.54) is 6.42 Å². The quantitative estimate of drug-likeness (QED) is 0.837. The van der Waals surface area contributed by atoms with Crippen LogP contribution in [-0.4, -0.2) is 37.6 Å². The molecule has 1 fully saturated rings. The van der Waals surface area contributed by atoms with Crippen molar-refractivity contribution in [2.24, 2.45) is 0 Å². The Hall–Kier alpha value is -1.71. The van der Waals surface area contributed by atoms with Crippen molar-refractivity contribution in [3.05, 3.63) is 23.8 Å². The van der Waals surface area contributed by atoms with Crippen molar-refractivity contribution in [1.82, 2.24) is 4.90 Å². The molecule has 1 aliphatic rings. The second-order valence-corrected chi connectivity index (χ2v) is 5.65. The molecule has 1 heterocycles. The van der Waals surface area contributed by atoms with Gasteiger partial charge in [-0.15, -0.1) is 0 Å². The molecule has 1 saturated heterocycles. The molecule has 0 bridgehead atoms. The van der Waals surface area contributed by atoms with E-state index in [1.54, 1.807) is 14.2 Å². The van der Waals surface area contributed by atoms with Gasteiger partial charge in [0.25, 0.3) is 0 Å². The van der Waals surface area contributed by atoms with Gasteiger partial charge in [0.15, 0.2) is 0 Å². The number of ether oxygens (including phenoxy) is 2. The van der Waals surface area contributed by atoms with Crippen LogP contribution in [0.3, 0.4) is 0 Å². The number of benzene rings is 1. The van der Waals surface area contributed by atoms with Gasteiger partial charge in [-0.3, -0.25) is 4.79 Å². The molecule has 4 nitrogen and oxygen atoms in total. The molecule has 1 aromatic rings. The lowest BCUT2D eigenvalue weighted by Gasteiger charge is -2.33. The summed E-state index contributed by atoms with van der Waals surface area (Å²) in [7, 11) is 3.28. The minimum atomic E-state index is 0.254. The molecule has 116 valence electrons. The van der Waals surface area contributed by atoms with E-state index in [-0.39, 0.29) is 5.91 Å². The third-order valence-corrected chi connectivity index (χ3v) is 4.16. The van der Waals surface area contributed by atoms with Crippen LogP contribution in [0.4, 0.5) is 0 Å². The first-order valence-corrected chi connectivity index (χ1v) is 7.65. The first-order valence-electron chi connectivity index (χ1n) is 7.65. The zero-order chi connectivity index (χ0) is 15.2. The number of carbonyl (C=O) groups is 1. The molecule has 0 aliphatic carbocycles. The highest BCUT2D eigenvalue weighted by molar-refractivity contribution is 5.77. The van der Waals surface area contributed by atoms with Crippen LogP contribution < -0.4 is 9.47 Å². The highest BCUT2D eigenvalue weighted by Gasteiger charge is 2.22. The smallest absolute Gasteiger partial charge is 0.223 e. The second-order valence-electron chi connectivity index (χ2n) is 5.65. The number of hydrogen-bond acceptors (Lipinski definition) is 3. The number of rotatable bonds is 5. The average molecular weight is 291 g/mol. The minimum Gasteiger partial charge on any atom is -0.497 e. The first-order chi connectivity index (χ1) is 10.1. The normalized spacial score (nSPS) is 18.4. The van der Waals surface area contributed by atoms with Crippen LogP contribution in [0.1, 0.15) is 38.2 Å². The highest BCUT2D eigenvalue weighted by Crippen LogP contribution is 2.24. The van der Waals surface area contributed by atoms with Crippen LogP contribution in [0, 0.1) is 0 Å². The maximum Gasteiger partial charge on any atom is 0.223 e. The fourth-order valence-corrected chi connectivity index (χ4v) is 2.87. The van der Waals surface area contributed by atoms with E-state index >= 15 is 0 Å². The average Bonchev–Trinajstić information content (AvgIpc) is 2.52. The molecule has 0 aromatic heterocycles. The van der Waals surface area contributed by atoms with Crippen LogP contribution in [0.15, 0.2) is 18.2 Å². The van der Waals surface area contributed by atoms with Gasteiger partial charge >= 0.3 is 0 Å². The van der Waals surface area contributed by atoms with Gasteiger partial charge in [0, 0.05) is 25.1 Å². The lowest BCUT2D eigenvalue weighted by molar-refractivity contribution is -0.134. The Morgan fingerprint density at radius 3 is 2.43 bits per heavy atom. The highest BCUT2D eigenvalue weighted by atomic mass is 16.5. The number of piperidine rings is 1. The van der Waals surface area contributed by atoms with E-state index in [2.05, 4.69) is 6.92 Å². The molecular weight excluding hydrogens is 266 g/mol. The Morgan fingerprint density at radius 1 is 1.19 bits per heavy atom. The fraction of sp³-hybridized carbons (Fsp3) is 0.588. The van der Waals surface area contributed by atoms with Gasteiger partial charge in [-0.05, 0) is 50.3 Å². The Kier molecular flexibility index (Phi) is 5.48. The van der Waals surface area contributed by atoms with Crippen molar-refractivity contribution in [1.29, 1.82) is 0 Å². The Balaban J connectivity index is 1.97. The summed E-state index contributed by atoms with van der Waals surface area (Å²) < 4.78 is 10.5. The van der Waals surface area contributed by atoms with Gasteiger partial charge in [-0.1, -0.05) is 0 Å². The van der Waals surface area contributed by atoms with E-state index in [0.29, 0.717) is 12.5 Å². The second kappa shape index (κ2) is 7.34. The van der Waals surface area contributed by atoms with Crippen LogP contribution in [0.5, 0.6) is 11.5 Å². The summed E-state index contributed by atoms with van der Waals surface area (Å²) >= 11 is 0. The lowest BCUT2D eigenvalue weighted by Crippen LogP contribution is -2.42. The van der Waals surface area contributed by atoms with Crippen LogP contribution in [-0.2, 0) is 11.2 Å². The lowest BCUT2D eigenvalue weighted by atomic mass is 10.0. The van der Waals surface area contributed by atoms with Gasteiger partial charge in [-0.2, -0.15) is 0 Å². The van der Waals surface area contributed by atoms with E-state index in [0.717, 1.165) is 42.9 Å². The van der Waals surface area contributed by atoms with Crippen LogP contribution in [0.25, 0.3) is 0 Å². The zero-order valence-corrected chi connectivity index (χ0v) is 13.2. The van der Waals surface area contributed by atoms with Crippen molar-refractivity contribution >= 4 is 5.91 Å². The van der Waals surface area contributed by atoms with E-state index in [1.807, 2.05) is 23.1 Å². The molecule has 1 amide bonds. The molecule has 1 aromatic carbocycles.